The van der Waals surface area contributed by atoms with Crippen LogP contribution in [-0.4, -0.2) is 24.5 Å². The molecule has 1 unspecified atom stereocenters. The van der Waals surface area contributed by atoms with Crippen molar-refractivity contribution in [3.8, 4) is 0 Å². The van der Waals surface area contributed by atoms with Gasteiger partial charge in [-0.25, -0.2) is 4.79 Å². The van der Waals surface area contributed by atoms with Crippen molar-refractivity contribution in [2.24, 2.45) is 5.16 Å². The molecule has 6 heteroatoms. The maximum absolute atomic E-state index is 11.6. The summed E-state index contributed by atoms with van der Waals surface area (Å²) in [4.78, 5) is 16.4. The molecule has 1 atom stereocenters. The number of anilines is 1. The number of ether oxygens (including phenoxy) is 1. The fraction of sp³-hybridized carbons (Fsp3) is 0.429. The summed E-state index contributed by atoms with van der Waals surface area (Å²) in [7, 11) is 1.59. The van der Waals surface area contributed by atoms with E-state index in [1.54, 1.807) is 38.3 Å². The maximum atomic E-state index is 11.6. The molecule has 1 aromatic rings. The first-order valence-corrected chi connectivity index (χ1v) is 6.63. The number of hydrogen-bond donors (Lipinski definition) is 1. The first-order chi connectivity index (χ1) is 9.41. The van der Waals surface area contributed by atoms with Crippen molar-refractivity contribution in [2.75, 3.05) is 12.4 Å². The zero-order valence-corrected chi connectivity index (χ0v) is 12.8. The fourth-order valence-electron chi connectivity index (χ4n) is 1.43. The average molecular weight is 299 g/mol. The molecular formula is C14H19ClN2O3. The molecule has 1 amide bonds. The summed E-state index contributed by atoms with van der Waals surface area (Å²) in [5, 5.41) is 6.94. The summed E-state index contributed by atoms with van der Waals surface area (Å²) in [6.07, 6.45) is 0.0577. The summed E-state index contributed by atoms with van der Waals surface area (Å²) >= 11 is 5.75. The number of carbonyl (C=O) groups excluding carboxylic acids is 1. The van der Waals surface area contributed by atoms with Gasteiger partial charge in [-0.3, -0.25) is 10.2 Å². The lowest BCUT2D eigenvalue weighted by atomic mass is 9.98. The number of nitrogens with zero attached hydrogens (tertiary/aromatic N) is 1. The molecular weight excluding hydrogens is 280 g/mol. The SMILES string of the molecule is CCC(C)(OC)/C(C)=N\OC(=O)Nc1ccc(Cl)cc1. The standard InChI is InChI=1S/C14H19ClN2O3/c1-5-14(3,19-4)10(2)17-20-13(18)16-12-8-6-11(15)7-9-12/h6-9H,5H2,1-4H3,(H,16,18)/b17-10-. The minimum atomic E-state index is -0.666. The van der Waals surface area contributed by atoms with Crippen LogP contribution in [0.25, 0.3) is 0 Å². The molecule has 0 aliphatic heterocycles. The molecule has 1 aromatic carbocycles. The molecule has 1 N–H and O–H groups in total. The van der Waals surface area contributed by atoms with Crippen molar-refractivity contribution in [2.45, 2.75) is 32.8 Å². The van der Waals surface area contributed by atoms with Crippen LogP contribution < -0.4 is 5.32 Å². The zero-order valence-electron chi connectivity index (χ0n) is 12.1. The lowest BCUT2D eigenvalue weighted by molar-refractivity contribution is 0.0587. The zero-order chi connectivity index (χ0) is 15.2. The van der Waals surface area contributed by atoms with Gasteiger partial charge in [-0.15, -0.1) is 0 Å². The average Bonchev–Trinajstić information content (AvgIpc) is 2.46. The van der Waals surface area contributed by atoms with E-state index in [1.807, 2.05) is 13.8 Å². The second-order valence-corrected chi connectivity index (χ2v) is 4.91. The molecule has 0 bridgehead atoms. The van der Waals surface area contributed by atoms with Crippen molar-refractivity contribution < 1.29 is 14.4 Å². The van der Waals surface area contributed by atoms with Crippen molar-refractivity contribution in [1.82, 2.24) is 0 Å². The van der Waals surface area contributed by atoms with Gasteiger partial charge in [0.05, 0.1) is 5.71 Å². The minimum Gasteiger partial charge on any atom is -0.372 e. The van der Waals surface area contributed by atoms with Crippen molar-refractivity contribution in [1.29, 1.82) is 0 Å². The summed E-state index contributed by atoms with van der Waals surface area (Å²) in [6, 6.07) is 6.69. The molecule has 0 fully saturated rings. The Morgan fingerprint density at radius 2 is 2.00 bits per heavy atom. The third kappa shape index (κ3) is 4.51. The Morgan fingerprint density at radius 3 is 2.50 bits per heavy atom. The number of hydrogen-bond acceptors (Lipinski definition) is 4. The molecule has 0 saturated heterocycles. The Morgan fingerprint density at radius 1 is 1.40 bits per heavy atom. The van der Waals surface area contributed by atoms with Gasteiger partial charge in [0.15, 0.2) is 0 Å². The van der Waals surface area contributed by atoms with Gasteiger partial charge < -0.3 is 4.74 Å². The van der Waals surface area contributed by atoms with Crippen LogP contribution in [0.5, 0.6) is 0 Å². The maximum Gasteiger partial charge on any atom is 0.437 e. The Kier molecular flexibility index (Phi) is 5.98. The molecule has 0 saturated carbocycles. The quantitative estimate of drug-likeness (QED) is 0.506. The predicted octanol–water partition coefficient (Wildman–Crippen LogP) is 4.08. The van der Waals surface area contributed by atoms with Gasteiger partial charge >= 0.3 is 6.09 Å². The van der Waals surface area contributed by atoms with Crippen molar-refractivity contribution in [3.05, 3.63) is 29.3 Å². The number of carbonyl (C=O) groups is 1. The highest BCUT2D eigenvalue weighted by Crippen LogP contribution is 2.17. The smallest absolute Gasteiger partial charge is 0.372 e. The van der Waals surface area contributed by atoms with Gasteiger partial charge in [-0.2, -0.15) is 0 Å². The van der Waals surface area contributed by atoms with Gasteiger partial charge in [0, 0.05) is 17.8 Å². The number of halogens is 1. The predicted molar refractivity (Wildman–Crippen MR) is 80.4 cm³/mol. The molecule has 0 spiro atoms. The normalized spacial score (nSPS) is 14.6. The largest absolute Gasteiger partial charge is 0.437 e. The van der Waals surface area contributed by atoms with E-state index < -0.39 is 11.7 Å². The second-order valence-electron chi connectivity index (χ2n) is 4.48. The van der Waals surface area contributed by atoms with Gasteiger partial charge in [0.1, 0.15) is 5.60 Å². The molecule has 0 aromatic heterocycles. The van der Waals surface area contributed by atoms with Gasteiger partial charge in [-0.05, 0) is 44.5 Å². The minimum absolute atomic E-state index is 0.541. The fourth-order valence-corrected chi connectivity index (χ4v) is 1.55. The lowest BCUT2D eigenvalue weighted by Gasteiger charge is -2.25. The van der Waals surface area contributed by atoms with E-state index in [-0.39, 0.29) is 0 Å². The van der Waals surface area contributed by atoms with E-state index in [2.05, 4.69) is 10.5 Å². The molecule has 0 aliphatic carbocycles. The number of methoxy groups -OCH3 is 1. The van der Waals surface area contributed by atoms with E-state index in [1.165, 1.54) is 0 Å². The van der Waals surface area contributed by atoms with Crippen molar-refractivity contribution >= 4 is 29.1 Å². The second kappa shape index (κ2) is 7.26. The monoisotopic (exact) mass is 298 g/mol. The Hall–Kier alpha value is -1.59. The molecule has 0 aliphatic rings. The Bertz CT molecular complexity index is 482. The molecule has 110 valence electrons. The van der Waals surface area contributed by atoms with Gasteiger partial charge in [0.2, 0.25) is 0 Å². The van der Waals surface area contributed by atoms with Crippen LogP contribution in [0.4, 0.5) is 10.5 Å². The topological polar surface area (TPSA) is 59.9 Å². The third-order valence-corrected chi connectivity index (χ3v) is 3.50. The highest BCUT2D eigenvalue weighted by molar-refractivity contribution is 6.30. The van der Waals surface area contributed by atoms with Crippen molar-refractivity contribution in [3.63, 3.8) is 0 Å². The molecule has 5 nitrogen and oxygen atoms in total. The summed E-state index contributed by atoms with van der Waals surface area (Å²) in [6.45, 7) is 5.60. The van der Waals surface area contributed by atoms with Crippen LogP contribution in [0.15, 0.2) is 29.4 Å². The number of nitrogens with one attached hydrogen (secondary N) is 1. The molecule has 0 radical (unpaired) electrons. The molecule has 20 heavy (non-hydrogen) atoms. The number of benzene rings is 1. The van der Waals surface area contributed by atoms with E-state index in [0.29, 0.717) is 16.4 Å². The van der Waals surface area contributed by atoms with Crippen LogP contribution in [-0.2, 0) is 9.57 Å². The van der Waals surface area contributed by atoms with Gasteiger partial charge in [-0.1, -0.05) is 23.7 Å². The Labute approximate surface area is 123 Å². The number of rotatable bonds is 5. The van der Waals surface area contributed by atoms with Crippen LogP contribution >= 0.6 is 11.6 Å². The van der Waals surface area contributed by atoms with Gasteiger partial charge in [0.25, 0.3) is 0 Å². The van der Waals surface area contributed by atoms with E-state index in [4.69, 9.17) is 21.2 Å². The first kappa shape index (κ1) is 16.5. The number of amides is 1. The van der Waals surface area contributed by atoms with E-state index in [9.17, 15) is 4.79 Å². The van der Waals surface area contributed by atoms with Crippen LogP contribution in [0, 0.1) is 0 Å². The Balaban J connectivity index is 2.60. The van der Waals surface area contributed by atoms with Crippen LogP contribution in [0.3, 0.4) is 0 Å². The lowest BCUT2D eigenvalue weighted by Crippen LogP contribution is -2.35. The highest BCUT2D eigenvalue weighted by Gasteiger charge is 2.26. The first-order valence-electron chi connectivity index (χ1n) is 6.25. The third-order valence-electron chi connectivity index (χ3n) is 3.25. The summed E-state index contributed by atoms with van der Waals surface area (Å²) in [5.74, 6) is 0. The molecule has 0 heterocycles. The van der Waals surface area contributed by atoms with E-state index in [0.717, 1.165) is 6.42 Å². The van der Waals surface area contributed by atoms with Crippen LogP contribution in [0.2, 0.25) is 5.02 Å². The highest BCUT2D eigenvalue weighted by atomic mass is 35.5. The number of oxime groups is 1. The van der Waals surface area contributed by atoms with Crippen LogP contribution in [0.1, 0.15) is 27.2 Å². The summed E-state index contributed by atoms with van der Waals surface area (Å²) < 4.78 is 5.36. The molecule has 1 rings (SSSR count). The van der Waals surface area contributed by atoms with E-state index >= 15 is 0 Å². The summed E-state index contributed by atoms with van der Waals surface area (Å²) in [5.41, 5.74) is 0.631.